The minimum Gasteiger partial charge on any atom is -0.497 e. The number of H-pyrrole nitrogens is 1. The second kappa shape index (κ2) is 8.83. The number of halogens is 1. The number of amides is 1. The van der Waals surface area contributed by atoms with Gasteiger partial charge in [-0.25, -0.2) is 17.5 Å². The number of aromatic amines is 1. The molecule has 3 N–H and O–H groups in total. The van der Waals surface area contributed by atoms with E-state index >= 15 is 0 Å². The SMILES string of the molecule is COc1cccc(Nc2ccc([N+](=O)[O-])c3[nH]c(C(=O)NS(=O)(=O)c4ccccc4F)cc23)c1. The molecule has 0 fully saturated rings. The van der Waals surface area contributed by atoms with Gasteiger partial charge in [-0.2, -0.15) is 0 Å². The van der Waals surface area contributed by atoms with Gasteiger partial charge < -0.3 is 15.0 Å². The second-order valence-corrected chi connectivity index (χ2v) is 8.73. The molecule has 34 heavy (non-hydrogen) atoms. The van der Waals surface area contributed by atoms with Gasteiger partial charge >= 0.3 is 0 Å². The van der Waals surface area contributed by atoms with Gasteiger partial charge in [0.1, 0.15) is 27.7 Å². The number of carbonyl (C=O) groups excluding carboxylic acids is 1. The number of carbonyl (C=O) groups is 1. The highest BCUT2D eigenvalue weighted by atomic mass is 32.2. The number of rotatable bonds is 7. The van der Waals surface area contributed by atoms with Gasteiger partial charge in [0.15, 0.2) is 0 Å². The van der Waals surface area contributed by atoms with Crippen molar-refractivity contribution in [3.63, 3.8) is 0 Å². The molecule has 10 nitrogen and oxygen atoms in total. The van der Waals surface area contributed by atoms with E-state index in [0.29, 0.717) is 17.1 Å². The lowest BCUT2D eigenvalue weighted by Gasteiger charge is -2.09. The molecule has 0 atom stereocenters. The zero-order chi connectivity index (χ0) is 24.5. The maximum atomic E-state index is 13.9. The molecule has 12 heteroatoms. The summed E-state index contributed by atoms with van der Waals surface area (Å²) in [5.41, 5.74) is 0.455. The first-order chi connectivity index (χ1) is 16.2. The fraction of sp³-hybridized carbons (Fsp3) is 0.0455. The molecule has 0 unspecified atom stereocenters. The molecule has 1 heterocycles. The summed E-state index contributed by atoms with van der Waals surface area (Å²) in [6.45, 7) is 0. The number of hydrogen-bond acceptors (Lipinski definition) is 7. The molecular formula is C22H17FN4O6S. The van der Waals surface area contributed by atoms with Gasteiger partial charge in [-0.05, 0) is 36.4 Å². The number of non-ortho nitro benzene ring substituents is 1. The molecule has 174 valence electrons. The predicted molar refractivity (Wildman–Crippen MR) is 122 cm³/mol. The molecule has 0 spiro atoms. The smallest absolute Gasteiger partial charge is 0.293 e. The van der Waals surface area contributed by atoms with Gasteiger partial charge in [-0.1, -0.05) is 18.2 Å². The number of nitrogens with zero attached hydrogens (tertiary/aromatic N) is 1. The molecule has 0 bridgehead atoms. The van der Waals surface area contributed by atoms with Gasteiger partial charge in [-0.15, -0.1) is 0 Å². The minimum absolute atomic E-state index is 0.00587. The number of nitro benzene ring substituents is 1. The van der Waals surface area contributed by atoms with Crippen LogP contribution in [0.3, 0.4) is 0 Å². The number of nitro groups is 1. The molecule has 1 amide bonds. The van der Waals surface area contributed by atoms with Crippen molar-refractivity contribution in [1.82, 2.24) is 9.71 Å². The summed E-state index contributed by atoms with van der Waals surface area (Å²) in [6.07, 6.45) is 0. The summed E-state index contributed by atoms with van der Waals surface area (Å²) < 4.78 is 45.8. The summed E-state index contributed by atoms with van der Waals surface area (Å²) in [5.74, 6) is -1.56. The number of nitrogens with one attached hydrogen (secondary N) is 3. The number of benzene rings is 3. The summed E-state index contributed by atoms with van der Waals surface area (Å²) in [4.78, 5) is 25.5. The summed E-state index contributed by atoms with van der Waals surface area (Å²) in [6, 6.07) is 15.5. The van der Waals surface area contributed by atoms with E-state index in [-0.39, 0.29) is 22.3 Å². The number of methoxy groups -OCH3 is 1. The molecule has 0 saturated heterocycles. The van der Waals surface area contributed by atoms with Crippen LogP contribution in [0.25, 0.3) is 10.9 Å². The number of anilines is 2. The van der Waals surface area contributed by atoms with Crippen LogP contribution in [-0.2, 0) is 10.0 Å². The highest BCUT2D eigenvalue weighted by Crippen LogP contribution is 2.34. The van der Waals surface area contributed by atoms with Gasteiger partial charge in [-0.3, -0.25) is 14.9 Å². The Kier molecular flexibility index (Phi) is 5.90. The highest BCUT2D eigenvalue weighted by molar-refractivity contribution is 7.90. The first-order valence-corrected chi connectivity index (χ1v) is 11.2. The average Bonchev–Trinajstić information content (AvgIpc) is 3.25. The van der Waals surface area contributed by atoms with Gasteiger partial charge in [0, 0.05) is 28.9 Å². The largest absolute Gasteiger partial charge is 0.497 e. The van der Waals surface area contributed by atoms with Crippen LogP contribution in [0.1, 0.15) is 10.5 Å². The Balaban J connectivity index is 1.73. The Morgan fingerprint density at radius 3 is 2.56 bits per heavy atom. The monoisotopic (exact) mass is 484 g/mol. The van der Waals surface area contributed by atoms with E-state index in [1.165, 1.54) is 37.4 Å². The van der Waals surface area contributed by atoms with Crippen LogP contribution >= 0.6 is 0 Å². The van der Waals surface area contributed by atoms with Crippen molar-refractivity contribution in [2.24, 2.45) is 0 Å². The van der Waals surface area contributed by atoms with E-state index in [4.69, 9.17) is 4.74 Å². The molecule has 1 aromatic heterocycles. The Labute approximate surface area is 192 Å². The fourth-order valence-corrected chi connectivity index (χ4v) is 4.39. The van der Waals surface area contributed by atoms with Crippen molar-refractivity contribution < 1.29 is 27.3 Å². The second-order valence-electron chi connectivity index (χ2n) is 7.08. The lowest BCUT2D eigenvalue weighted by Crippen LogP contribution is -2.31. The van der Waals surface area contributed by atoms with Crippen molar-refractivity contribution in [3.05, 3.63) is 88.4 Å². The van der Waals surface area contributed by atoms with Crippen LogP contribution in [0.4, 0.5) is 21.5 Å². The van der Waals surface area contributed by atoms with Crippen molar-refractivity contribution in [2.45, 2.75) is 4.90 Å². The zero-order valence-corrected chi connectivity index (χ0v) is 18.4. The first kappa shape index (κ1) is 22.7. The molecule has 3 aromatic carbocycles. The molecule has 0 saturated carbocycles. The lowest BCUT2D eigenvalue weighted by atomic mass is 10.1. The minimum atomic E-state index is -4.53. The topological polar surface area (TPSA) is 143 Å². The third kappa shape index (κ3) is 4.38. The van der Waals surface area contributed by atoms with Crippen LogP contribution < -0.4 is 14.8 Å². The van der Waals surface area contributed by atoms with Crippen molar-refractivity contribution in [2.75, 3.05) is 12.4 Å². The van der Waals surface area contributed by atoms with Crippen molar-refractivity contribution in [1.29, 1.82) is 0 Å². The first-order valence-electron chi connectivity index (χ1n) is 9.72. The lowest BCUT2D eigenvalue weighted by molar-refractivity contribution is -0.383. The van der Waals surface area contributed by atoms with Crippen molar-refractivity contribution >= 4 is 43.9 Å². The maximum absolute atomic E-state index is 13.9. The van der Waals surface area contributed by atoms with E-state index in [0.717, 1.165) is 12.1 Å². The maximum Gasteiger partial charge on any atom is 0.293 e. The Hall–Kier alpha value is -4.45. The van der Waals surface area contributed by atoms with Crippen LogP contribution in [0.15, 0.2) is 71.6 Å². The standard InChI is InChI=1S/C22H17FN4O6S/c1-33-14-6-4-5-13(11-14)24-17-9-10-19(27(29)30)21-15(17)12-18(25-21)22(28)26-34(31,32)20-8-3-2-7-16(20)23/h2-12,24-25H,1H3,(H,26,28). The van der Waals surface area contributed by atoms with E-state index < -0.39 is 31.6 Å². The zero-order valence-electron chi connectivity index (χ0n) is 17.5. The summed E-state index contributed by atoms with van der Waals surface area (Å²) >= 11 is 0. The Morgan fingerprint density at radius 2 is 1.85 bits per heavy atom. The normalized spacial score (nSPS) is 11.2. The molecule has 0 aliphatic carbocycles. The third-order valence-electron chi connectivity index (χ3n) is 4.92. The van der Waals surface area contributed by atoms with Crippen LogP contribution in [0.2, 0.25) is 0 Å². The average molecular weight is 484 g/mol. The van der Waals surface area contributed by atoms with E-state index in [2.05, 4.69) is 10.3 Å². The quantitative estimate of drug-likeness (QED) is 0.265. The number of fused-ring (bicyclic) bond motifs is 1. The highest BCUT2D eigenvalue weighted by Gasteiger charge is 2.25. The van der Waals surface area contributed by atoms with Gasteiger partial charge in [0.25, 0.3) is 21.6 Å². The number of sulfonamides is 1. The van der Waals surface area contributed by atoms with Gasteiger partial charge in [0.2, 0.25) is 0 Å². The molecule has 4 rings (SSSR count). The molecular weight excluding hydrogens is 467 g/mol. The fourth-order valence-electron chi connectivity index (χ4n) is 3.34. The Bertz CT molecular complexity index is 1530. The third-order valence-corrected chi connectivity index (χ3v) is 6.28. The number of ether oxygens (including phenoxy) is 1. The molecule has 0 radical (unpaired) electrons. The van der Waals surface area contributed by atoms with Crippen LogP contribution in [-0.4, -0.2) is 31.3 Å². The van der Waals surface area contributed by atoms with Crippen LogP contribution in [0.5, 0.6) is 5.75 Å². The van der Waals surface area contributed by atoms with Gasteiger partial charge in [0.05, 0.1) is 12.0 Å². The van der Waals surface area contributed by atoms with Crippen LogP contribution in [0, 0.1) is 15.9 Å². The molecule has 4 aromatic rings. The Morgan fingerprint density at radius 1 is 1.09 bits per heavy atom. The van der Waals surface area contributed by atoms with E-state index in [1.54, 1.807) is 29.0 Å². The predicted octanol–water partition coefficient (Wildman–Crippen LogP) is 4.09. The van der Waals surface area contributed by atoms with E-state index in [1.807, 2.05) is 0 Å². The molecule has 0 aliphatic heterocycles. The number of hydrogen-bond donors (Lipinski definition) is 3. The summed E-state index contributed by atoms with van der Waals surface area (Å²) in [7, 11) is -3.02. The molecule has 0 aliphatic rings. The number of aromatic nitrogens is 1. The van der Waals surface area contributed by atoms with Crippen molar-refractivity contribution in [3.8, 4) is 5.75 Å². The summed E-state index contributed by atoms with van der Waals surface area (Å²) in [5, 5.41) is 14.9. The van der Waals surface area contributed by atoms with E-state index in [9.17, 15) is 27.7 Å².